The van der Waals surface area contributed by atoms with E-state index in [0.29, 0.717) is 40.4 Å². The first-order chi connectivity index (χ1) is 18.9. The van der Waals surface area contributed by atoms with Crippen molar-refractivity contribution < 1.29 is 18.5 Å². The standard InChI is InChI=1S/C29H40N6O4S/c1-10-13-30-28-31-14-12-24(33-28)39-23(11-2)25-18(3)15-22(35(25)7)27(36)32-20-16-19(29(4,5)6)17-21(26(20)38-8)34-40(9)37/h11-12,14-17,34H,10,13H2,1-9H3,(H,32,36)(H,30,31,33)/b23-11+. The summed E-state index contributed by atoms with van der Waals surface area (Å²) in [5.41, 5.74) is 3.77. The Balaban J connectivity index is 1.96. The maximum Gasteiger partial charge on any atom is 0.272 e. The highest BCUT2D eigenvalue weighted by molar-refractivity contribution is 7.85. The number of hydrogen-bond donors (Lipinski definition) is 3. The SMILES string of the molecule is C/C=C(/Oc1ccnc(NCCC)n1)c1c(C)cc(C(=O)Nc2cc(C(C)(C)C)cc(NS(C)=O)c2OC)n1C. The second-order valence-corrected chi connectivity index (χ2v) is 11.5. The van der Waals surface area contributed by atoms with Gasteiger partial charge in [0.15, 0.2) is 5.75 Å². The zero-order valence-corrected chi connectivity index (χ0v) is 25.6. The van der Waals surface area contributed by atoms with E-state index in [2.05, 4.69) is 53.0 Å². The molecule has 1 atom stereocenters. The minimum Gasteiger partial charge on any atom is -0.492 e. The molecule has 0 aliphatic carbocycles. The molecule has 11 heteroatoms. The number of rotatable bonds is 11. The fourth-order valence-electron chi connectivity index (χ4n) is 4.20. The summed E-state index contributed by atoms with van der Waals surface area (Å²) in [6.45, 7) is 12.8. The lowest BCUT2D eigenvalue weighted by Gasteiger charge is -2.24. The highest BCUT2D eigenvalue weighted by atomic mass is 32.2. The molecule has 1 unspecified atom stereocenters. The summed E-state index contributed by atoms with van der Waals surface area (Å²) in [7, 11) is 2.00. The molecule has 0 aliphatic rings. The van der Waals surface area contributed by atoms with Crippen LogP contribution in [0, 0.1) is 6.92 Å². The van der Waals surface area contributed by atoms with Crippen LogP contribution in [0.25, 0.3) is 5.76 Å². The molecule has 0 aliphatic heterocycles. The van der Waals surface area contributed by atoms with Gasteiger partial charge >= 0.3 is 0 Å². The first-order valence-electron chi connectivity index (χ1n) is 13.1. The number of aromatic nitrogens is 3. The van der Waals surface area contributed by atoms with Gasteiger partial charge in [0.25, 0.3) is 5.91 Å². The number of allylic oxidation sites excluding steroid dienone is 1. The smallest absolute Gasteiger partial charge is 0.272 e. The lowest BCUT2D eigenvalue weighted by atomic mass is 9.86. The maximum atomic E-state index is 13.6. The molecule has 0 saturated heterocycles. The van der Waals surface area contributed by atoms with Gasteiger partial charge in [0.05, 0.1) is 24.2 Å². The van der Waals surface area contributed by atoms with Crippen molar-refractivity contribution in [2.45, 2.75) is 53.4 Å². The lowest BCUT2D eigenvalue weighted by Crippen LogP contribution is -2.19. The summed E-state index contributed by atoms with van der Waals surface area (Å²) in [5, 5.41) is 6.16. The topological polar surface area (TPSA) is 119 Å². The van der Waals surface area contributed by atoms with Crippen LogP contribution in [0.15, 0.2) is 36.5 Å². The number of anilines is 3. The highest BCUT2D eigenvalue weighted by Crippen LogP contribution is 2.39. The molecule has 10 nitrogen and oxygen atoms in total. The van der Waals surface area contributed by atoms with Crippen LogP contribution in [0.2, 0.25) is 0 Å². The number of ether oxygens (including phenoxy) is 2. The molecule has 2 aromatic heterocycles. The number of benzene rings is 1. The number of nitrogens with zero attached hydrogens (tertiary/aromatic N) is 3. The van der Waals surface area contributed by atoms with Crippen LogP contribution in [0.1, 0.15) is 68.3 Å². The Bertz CT molecular complexity index is 1420. The second kappa shape index (κ2) is 13.0. The van der Waals surface area contributed by atoms with E-state index in [1.807, 2.05) is 45.2 Å². The third-order valence-corrected chi connectivity index (χ3v) is 6.70. The molecule has 0 fully saturated rings. The van der Waals surface area contributed by atoms with Gasteiger partial charge in [-0.2, -0.15) is 4.98 Å². The van der Waals surface area contributed by atoms with Crippen molar-refractivity contribution in [3.05, 3.63) is 59.1 Å². The number of nitrogens with one attached hydrogen (secondary N) is 3. The van der Waals surface area contributed by atoms with E-state index >= 15 is 0 Å². The van der Waals surface area contributed by atoms with E-state index in [0.717, 1.165) is 29.8 Å². The predicted octanol–water partition coefficient (Wildman–Crippen LogP) is 5.65. The zero-order chi connectivity index (χ0) is 29.6. The maximum absolute atomic E-state index is 13.6. The van der Waals surface area contributed by atoms with Crippen molar-refractivity contribution in [2.75, 3.05) is 35.3 Å². The van der Waals surface area contributed by atoms with E-state index in [4.69, 9.17) is 9.47 Å². The average molecular weight is 569 g/mol. The Labute approximate surface area is 239 Å². The lowest BCUT2D eigenvalue weighted by molar-refractivity contribution is 0.101. The molecule has 0 radical (unpaired) electrons. The summed E-state index contributed by atoms with van der Waals surface area (Å²) in [4.78, 5) is 22.3. The molecule has 216 valence electrons. The zero-order valence-electron chi connectivity index (χ0n) is 24.8. The largest absolute Gasteiger partial charge is 0.492 e. The summed E-state index contributed by atoms with van der Waals surface area (Å²) in [5.74, 6) is 1.52. The van der Waals surface area contributed by atoms with Gasteiger partial charge in [-0.05, 0) is 61.1 Å². The number of hydrogen-bond acceptors (Lipinski definition) is 7. The fourth-order valence-corrected chi connectivity index (χ4v) is 4.66. The van der Waals surface area contributed by atoms with Gasteiger partial charge in [-0.1, -0.05) is 27.7 Å². The quantitative estimate of drug-likeness (QED) is 0.256. The van der Waals surface area contributed by atoms with Crippen molar-refractivity contribution in [3.8, 4) is 11.6 Å². The Morgan fingerprint density at radius 1 is 1.20 bits per heavy atom. The summed E-state index contributed by atoms with van der Waals surface area (Å²) < 4.78 is 28.5. The van der Waals surface area contributed by atoms with Crippen molar-refractivity contribution in [3.63, 3.8) is 0 Å². The van der Waals surface area contributed by atoms with E-state index in [1.165, 1.54) is 7.11 Å². The summed E-state index contributed by atoms with van der Waals surface area (Å²) in [6.07, 6.45) is 5.97. The van der Waals surface area contributed by atoms with Gasteiger partial charge in [0.1, 0.15) is 22.4 Å². The van der Waals surface area contributed by atoms with E-state index < -0.39 is 11.0 Å². The highest BCUT2D eigenvalue weighted by Gasteiger charge is 2.24. The molecule has 40 heavy (non-hydrogen) atoms. The Morgan fingerprint density at radius 3 is 2.50 bits per heavy atom. The third-order valence-electron chi connectivity index (χ3n) is 6.19. The minimum atomic E-state index is -1.33. The van der Waals surface area contributed by atoms with Gasteiger partial charge in [-0.3, -0.25) is 4.79 Å². The van der Waals surface area contributed by atoms with Crippen molar-refractivity contribution in [1.82, 2.24) is 14.5 Å². The van der Waals surface area contributed by atoms with Crippen LogP contribution < -0.4 is 24.8 Å². The number of methoxy groups -OCH3 is 1. The van der Waals surface area contributed by atoms with Crippen LogP contribution in [-0.4, -0.2) is 44.6 Å². The van der Waals surface area contributed by atoms with Crippen LogP contribution in [0.5, 0.6) is 11.6 Å². The van der Waals surface area contributed by atoms with E-state index in [9.17, 15) is 9.00 Å². The van der Waals surface area contributed by atoms with Crippen LogP contribution >= 0.6 is 0 Å². The molecule has 1 aromatic carbocycles. The average Bonchev–Trinajstić information content (AvgIpc) is 3.19. The third kappa shape index (κ3) is 7.20. The normalized spacial score (nSPS) is 12.6. The van der Waals surface area contributed by atoms with Gasteiger partial charge in [0.2, 0.25) is 11.8 Å². The summed E-state index contributed by atoms with van der Waals surface area (Å²) >= 11 is 0. The van der Waals surface area contributed by atoms with Crippen molar-refractivity contribution in [1.29, 1.82) is 0 Å². The fraction of sp³-hybridized carbons (Fsp3) is 0.414. The number of amides is 1. The van der Waals surface area contributed by atoms with Crippen molar-refractivity contribution in [2.24, 2.45) is 7.05 Å². The van der Waals surface area contributed by atoms with Crippen LogP contribution in [0.3, 0.4) is 0 Å². The number of aryl methyl sites for hydroxylation is 1. The Morgan fingerprint density at radius 2 is 1.90 bits per heavy atom. The Kier molecular flexibility index (Phi) is 9.97. The molecule has 3 rings (SSSR count). The predicted molar refractivity (Wildman–Crippen MR) is 163 cm³/mol. The first-order valence-corrected chi connectivity index (χ1v) is 14.7. The molecule has 0 bridgehead atoms. The molecule has 2 heterocycles. The molecule has 3 aromatic rings. The van der Waals surface area contributed by atoms with E-state index in [-0.39, 0.29) is 11.3 Å². The van der Waals surface area contributed by atoms with Crippen LogP contribution in [0.4, 0.5) is 17.3 Å². The Hall–Kier alpha value is -3.86. The van der Waals surface area contributed by atoms with Crippen LogP contribution in [-0.2, 0) is 23.4 Å². The first kappa shape index (κ1) is 30.7. The van der Waals surface area contributed by atoms with Gasteiger partial charge in [-0.15, -0.1) is 0 Å². The van der Waals surface area contributed by atoms with Gasteiger partial charge in [-0.25, -0.2) is 9.19 Å². The minimum absolute atomic E-state index is 0.225. The molecular weight excluding hydrogens is 528 g/mol. The molecule has 0 spiro atoms. The molecule has 0 saturated carbocycles. The number of carbonyl (C=O) groups is 1. The summed E-state index contributed by atoms with van der Waals surface area (Å²) in [6, 6.07) is 7.28. The van der Waals surface area contributed by atoms with E-state index in [1.54, 1.807) is 23.1 Å². The number of carbonyl (C=O) groups excluding carboxylic acids is 1. The molecule has 3 N–H and O–H groups in total. The van der Waals surface area contributed by atoms with Crippen molar-refractivity contribution >= 4 is 40.0 Å². The van der Waals surface area contributed by atoms with Gasteiger partial charge in [0, 0.05) is 32.1 Å². The van der Waals surface area contributed by atoms with Gasteiger partial charge < -0.3 is 29.4 Å². The molecule has 1 amide bonds. The second-order valence-electron chi connectivity index (χ2n) is 10.4. The molecular formula is C29H40N6O4S. The monoisotopic (exact) mass is 568 g/mol.